The lowest BCUT2D eigenvalue weighted by Crippen LogP contribution is -2.23. The van der Waals surface area contributed by atoms with E-state index in [0.717, 1.165) is 44.2 Å². The van der Waals surface area contributed by atoms with Crippen molar-refractivity contribution in [2.45, 2.75) is 44.9 Å². The van der Waals surface area contributed by atoms with Crippen LogP contribution >= 0.6 is 0 Å². The number of rotatable bonds is 4. The van der Waals surface area contributed by atoms with E-state index in [1.807, 2.05) is 0 Å². The van der Waals surface area contributed by atoms with Crippen molar-refractivity contribution in [1.29, 1.82) is 0 Å². The Morgan fingerprint density at radius 1 is 1.21 bits per heavy atom. The van der Waals surface area contributed by atoms with Crippen LogP contribution in [-0.2, 0) is 4.74 Å². The molecule has 0 unspecified atom stereocenters. The fourth-order valence-corrected chi connectivity index (χ4v) is 2.77. The number of hydrogen-bond acceptors (Lipinski definition) is 4. The molecule has 2 heterocycles. The third kappa shape index (κ3) is 3.24. The van der Waals surface area contributed by atoms with E-state index in [1.54, 1.807) is 0 Å². The molecule has 1 N–H and O–H groups in total. The van der Waals surface area contributed by atoms with Crippen LogP contribution in [0, 0.1) is 12.8 Å². The van der Waals surface area contributed by atoms with Crippen LogP contribution in [0.5, 0.6) is 0 Å². The highest BCUT2D eigenvalue weighted by atomic mass is 16.5. The molecule has 4 heteroatoms. The van der Waals surface area contributed by atoms with Gasteiger partial charge in [0, 0.05) is 37.1 Å². The molecule has 1 saturated heterocycles. The summed E-state index contributed by atoms with van der Waals surface area (Å²) in [6.07, 6.45) is 6.22. The van der Waals surface area contributed by atoms with Crippen LogP contribution in [-0.4, -0.2) is 29.7 Å². The number of ether oxygens (including phenoxy) is 1. The average Bonchev–Trinajstić information content (AvgIpc) is 2.35. The molecule has 19 heavy (non-hydrogen) atoms. The van der Waals surface area contributed by atoms with Gasteiger partial charge in [-0.3, -0.25) is 0 Å². The van der Waals surface area contributed by atoms with Crippen molar-refractivity contribution in [3.05, 3.63) is 17.5 Å². The Labute approximate surface area is 115 Å². The maximum atomic E-state index is 5.38. The smallest absolute Gasteiger partial charge is 0.223 e. The minimum atomic E-state index is 0.672. The maximum Gasteiger partial charge on any atom is 0.223 e. The first kappa shape index (κ1) is 12.9. The molecule has 1 aliphatic heterocycles. The molecule has 4 nitrogen and oxygen atoms in total. The second-order valence-corrected chi connectivity index (χ2v) is 5.82. The van der Waals surface area contributed by atoms with Gasteiger partial charge in [0.25, 0.3) is 0 Å². The van der Waals surface area contributed by atoms with E-state index < -0.39 is 0 Å². The molecular weight excluding hydrogens is 238 g/mol. The number of hydrogen-bond donors (Lipinski definition) is 1. The summed E-state index contributed by atoms with van der Waals surface area (Å²) in [5.74, 6) is 2.18. The van der Waals surface area contributed by atoms with Gasteiger partial charge in [-0.25, -0.2) is 9.97 Å². The largest absolute Gasteiger partial charge is 0.381 e. The van der Waals surface area contributed by atoms with Crippen molar-refractivity contribution < 1.29 is 4.74 Å². The summed E-state index contributed by atoms with van der Waals surface area (Å²) < 4.78 is 5.38. The number of nitrogens with one attached hydrogen (secondary N) is 1. The average molecular weight is 261 g/mol. The third-order valence-corrected chi connectivity index (χ3v) is 4.29. The SMILES string of the molecule is Cc1cc(C2CCC2)nc(NCC2CCOCC2)n1. The molecule has 2 aliphatic rings. The molecule has 0 spiro atoms. The van der Waals surface area contributed by atoms with Gasteiger partial charge in [0.1, 0.15) is 0 Å². The van der Waals surface area contributed by atoms with Gasteiger partial charge < -0.3 is 10.1 Å². The van der Waals surface area contributed by atoms with Gasteiger partial charge in [0.2, 0.25) is 5.95 Å². The van der Waals surface area contributed by atoms with Crippen LogP contribution in [0.25, 0.3) is 0 Å². The number of aromatic nitrogens is 2. The minimum absolute atomic E-state index is 0.672. The summed E-state index contributed by atoms with van der Waals surface area (Å²) in [6, 6.07) is 2.14. The van der Waals surface area contributed by atoms with Crippen LogP contribution < -0.4 is 5.32 Å². The van der Waals surface area contributed by atoms with E-state index in [2.05, 4.69) is 28.3 Å². The maximum absolute atomic E-state index is 5.38. The van der Waals surface area contributed by atoms with E-state index in [1.165, 1.54) is 25.0 Å². The van der Waals surface area contributed by atoms with Crippen molar-refractivity contribution in [3.63, 3.8) is 0 Å². The van der Waals surface area contributed by atoms with Crippen molar-refractivity contribution in [3.8, 4) is 0 Å². The first-order valence-corrected chi connectivity index (χ1v) is 7.48. The third-order valence-electron chi connectivity index (χ3n) is 4.29. The Hall–Kier alpha value is -1.16. The van der Waals surface area contributed by atoms with Crippen molar-refractivity contribution in [2.24, 2.45) is 5.92 Å². The molecule has 1 aromatic heterocycles. The zero-order valence-electron chi connectivity index (χ0n) is 11.7. The van der Waals surface area contributed by atoms with Crippen molar-refractivity contribution in [1.82, 2.24) is 9.97 Å². The molecule has 1 aliphatic carbocycles. The Bertz CT molecular complexity index is 425. The van der Waals surface area contributed by atoms with E-state index in [4.69, 9.17) is 4.74 Å². The van der Waals surface area contributed by atoms with Crippen LogP contribution in [0.3, 0.4) is 0 Å². The van der Waals surface area contributed by atoms with Crippen LogP contribution in [0.15, 0.2) is 6.07 Å². The normalized spacial score (nSPS) is 21.1. The van der Waals surface area contributed by atoms with Gasteiger partial charge in [-0.2, -0.15) is 0 Å². The predicted molar refractivity (Wildman–Crippen MR) is 75.4 cm³/mol. The number of anilines is 1. The Morgan fingerprint density at radius 3 is 2.68 bits per heavy atom. The number of aryl methyl sites for hydroxylation is 1. The Morgan fingerprint density at radius 2 is 2.00 bits per heavy atom. The Kier molecular flexibility index (Phi) is 3.97. The lowest BCUT2D eigenvalue weighted by atomic mass is 9.83. The first-order chi connectivity index (χ1) is 9.31. The fourth-order valence-electron chi connectivity index (χ4n) is 2.77. The van der Waals surface area contributed by atoms with Gasteiger partial charge in [-0.15, -0.1) is 0 Å². The zero-order valence-corrected chi connectivity index (χ0v) is 11.7. The van der Waals surface area contributed by atoms with E-state index in [9.17, 15) is 0 Å². The number of nitrogens with zero attached hydrogens (tertiary/aromatic N) is 2. The predicted octanol–water partition coefficient (Wildman–Crippen LogP) is 2.89. The molecule has 2 fully saturated rings. The van der Waals surface area contributed by atoms with E-state index in [-0.39, 0.29) is 0 Å². The fraction of sp³-hybridized carbons (Fsp3) is 0.733. The van der Waals surface area contributed by atoms with Crippen LogP contribution in [0.2, 0.25) is 0 Å². The summed E-state index contributed by atoms with van der Waals surface area (Å²) in [5.41, 5.74) is 2.31. The zero-order chi connectivity index (χ0) is 13.1. The molecule has 0 atom stereocenters. The van der Waals surface area contributed by atoms with Gasteiger partial charge in [0.15, 0.2) is 0 Å². The second-order valence-electron chi connectivity index (χ2n) is 5.82. The van der Waals surface area contributed by atoms with Gasteiger partial charge >= 0.3 is 0 Å². The topological polar surface area (TPSA) is 47.0 Å². The molecule has 3 rings (SSSR count). The summed E-state index contributed by atoms with van der Waals surface area (Å²) in [5, 5.41) is 3.42. The minimum Gasteiger partial charge on any atom is -0.381 e. The highest BCUT2D eigenvalue weighted by Crippen LogP contribution is 2.35. The molecule has 0 radical (unpaired) electrons. The summed E-state index contributed by atoms with van der Waals surface area (Å²) >= 11 is 0. The monoisotopic (exact) mass is 261 g/mol. The molecule has 104 valence electrons. The van der Waals surface area contributed by atoms with Gasteiger partial charge in [-0.1, -0.05) is 6.42 Å². The van der Waals surface area contributed by atoms with E-state index in [0.29, 0.717) is 11.8 Å². The molecule has 1 aromatic rings. The van der Waals surface area contributed by atoms with Gasteiger partial charge in [0.05, 0.1) is 0 Å². The lowest BCUT2D eigenvalue weighted by Gasteiger charge is -2.26. The first-order valence-electron chi connectivity index (χ1n) is 7.48. The van der Waals surface area contributed by atoms with Crippen LogP contribution in [0.4, 0.5) is 5.95 Å². The molecule has 0 aromatic carbocycles. The van der Waals surface area contributed by atoms with Crippen molar-refractivity contribution >= 4 is 5.95 Å². The standard InChI is InChI=1S/C15H23N3O/c1-11-9-14(13-3-2-4-13)18-15(17-11)16-10-12-5-7-19-8-6-12/h9,12-13H,2-8,10H2,1H3,(H,16,17,18). The highest BCUT2D eigenvalue weighted by molar-refractivity contribution is 5.30. The van der Waals surface area contributed by atoms with Crippen molar-refractivity contribution in [2.75, 3.05) is 25.1 Å². The molecule has 0 bridgehead atoms. The summed E-state index contributed by atoms with van der Waals surface area (Å²) in [4.78, 5) is 9.19. The highest BCUT2D eigenvalue weighted by Gasteiger charge is 2.22. The second kappa shape index (κ2) is 5.87. The Balaban J connectivity index is 1.61. The van der Waals surface area contributed by atoms with Crippen LogP contribution in [0.1, 0.15) is 49.4 Å². The lowest BCUT2D eigenvalue weighted by molar-refractivity contribution is 0.0699. The quantitative estimate of drug-likeness (QED) is 0.905. The van der Waals surface area contributed by atoms with E-state index >= 15 is 0 Å². The molecular formula is C15H23N3O. The van der Waals surface area contributed by atoms with Gasteiger partial charge in [-0.05, 0) is 44.6 Å². The molecule has 0 amide bonds. The summed E-state index contributed by atoms with van der Waals surface area (Å²) in [6.45, 7) is 4.82. The molecule has 1 saturated carbocycles. The summed E-state index contributed by atoms with van der Waals surface area (Å²) in [7, 11) is 0.